The molecule has 0 aromatic heterocycles. The first-order chi connectivity index (χ1) is 12.6. The maximum Gasteiger partial charge on any atom is 0.255 e. The number of carbonyl (C=O) groups excluding carboxylic acids is 1. The molecule has 3 aromatic carbocycles. The van der Waals surface area contributed by atoms with Gasteiger partial charge in [-0.15, -0.1) is 0 Å². The molecule has 3 aromatic rings. The van der Waals surface area contributed by atoms with Crippen molar-refractivity contribution >= 4 is 11.6 Å². The number of amides is 1. The van der Waals surface area contributed by atoms with Crippen LogP contribution >= 0.6 is 0 Å². The summed E-state index contributed by atoms with van der Waals surface area (Å²) in [7, 11) is 2.03. The number of carbonyl (C=O) groups is 1. The number of para-hydroxylation sites is 1. The van der Waals surface area contributed by atoms with Gasteiger partial charge in [0.05, 0.1) is 7.05 Å². The van der Waals surface area contributed by atoms with Crippen molar-refractivity contribution in [1.82, 2.24) is 0 Å². The van der Waals surface area contributed by atoms with E-state index in [-0.39, 0.29) is 11.7 Å². The highest BCUT2D eigenvalue weighted by Gasteiger charge is 2.10. The molecule has 0 radical (unpaired) electrons. The number of quaternary nitrogens is 1. The van der Waals surface area contributed by atoms with Gasteiger partial charge in [-0.25, -0.2) is 4.39 Å². The summed E-state index contributed by atoms with van der Waals surface area (Å²) >= 11 is 0. The quantitative estimate of drug-likeness (QED) is 0.703. The molecule has 0 aliphatic carbocycles. The normalized spacial score (nSPS) is 11.8. The average Bonchev–Trinajstić information content (AvgIpc) is 2.65. The van der Waals surface area contributed by atoms with Crippen LogP contribution in [0.15, 0.2) is 78.9 Å². The Bertz CT molecular complexity index is 863. The van der Waals surface area contributed by atoms with Crippen molar-refractivity contribution in [3.8, 4) is 0 Å². The highest BCUT2D eigenvalue weighted by molar-refractivity contribution is 6.04. The van der Waals surface area contributed by atoms with Crippen molar-refractivity contribution < 1.29 is 14.1 Å². The third-order valence-corrected chi connectivity index (χ3v) is 4.20. The van der Waals surface area contributed by atoms with Gasteiger partial charge in [-0.3, -0.25) is 4.79 Å². The average molecular weight is 349 g/mol. The molecule has 0 saturated carbocycles. The second-order valence-corrected chi connectivity index (χ2v) is 6.42. The van der Waals surface area contributed by atoms with Gasteiger partial charge in [0.25, 0.3) is 5.91 Å². The minimum atomic E-state index is -0.167. The number of halogens is 1. The van der Waals surface area contributed by atoms with Crippen LogP contribution in [0.3, 0.4) is 0 Å². The number of rotatable bonds is 6. The SMILES string of the molecule is C[NH+](Cc1ccc(C(=O)Nc2ccccc2)cc1)Cc1ccccc1F. The molecule has 0 saturated heterocycles. The molecule has 0 fully saturated rings. The highest BCUT2D eigenvalue weighted by Crippen LogP contribution is 2.10. The van der Waals surface area contributed by atoms with Gasteiger partial charge < -0.3 is 10.2 Å². The van der Waals surface area contributed by atoms with E-state index < -0.39 is 0 Å². The van der Waals surface area contributed by atoms with E-state index in [1.54, 1.807) is 6.07 Å². The lowest BCUT2D eigenvalue weighted by atomic mass is 10.1. The first-order valence-corrected chi connectivity index (χ1v) is 8.62. The van der Waals surface area contributed by atoms with Crippen LogP contribution in [0.2, 0.25) is 0 Å². The molecule has 0 spiro atoms. The zero-order valence-corrected chi connectivity index (χ0v) is 14.7. The fourth-order valence-electron chi connectivity index (χ4n) is 2.88. The van der Waals surface area contributed by atoms with E-state index in [1.807, 2.05) is 73.8 Å². The lowest BCUT2D eigenvalue weighted by Crippen LogP contribution is -3.06. The fraction of sp³-hybridized carbons (Fsp3) is 0.136. The van der Waals surface area contributed by atoms with Gasteiger partial charge in [-0.05, 0) is 30.3 Å². The van der Waals surface area contributed by atoms with Gasteiger partial charge in [0, 0.05) is 22.4 Å². The Hall–Kier alpha value is -2.98. The van der Waals surface area contributed by atoms with E-state index in [0.29, 0.717) is 17.7 Å². The van der Waals surface area contributed by atoms with Gasteiger partial charge in [0.1, 0.15) is 18.9 Å². The first-order valence-electron chi connectivity index (χ1n) is 8.62. The molecule has 0 bridgehead atoms. The second-order valence-electron chi connectivity index (χ2n) is 6.42. The Morgan fingerprint density at radius 2 is 1.54 bits per heavy atom. The summed E-state index contributed by atoms with van der Waals surface area (Å²) < 4.78 is 13.8. The number of anilines is 1. The molecule has 4 heteroatoms. The van der Waals surface area contributed by atoms with Crippen LogP contribution in [-0.2, 0) is 13.1 Å². The van der Waals surface area contributed by atoms with Crippen LogP contribution in [0.5, 0.6) is 0 Å². The summed E-state index contributed by atoms with van der Waals surface area (Å²) in [5.74, 6) is -0.297. The topological polar surface area (TPSA) is 33.5 Å². The summed E-state index contributed by atoms with van der Waals surface area (Å²) in [4.78, 5) is 13.4. The summed E-state index contributed by atoms with van der Waals surface area (Å²) in [5.41, 5.74) is 3.21. The van der Waals surface area contributed by atoms with Crippen LogP contribution < -0.4 is 10.2 Å². The number of nitrogens with one attached hydrogen (secondary N) is 2. The second kappa shape index (κ2) is 8.41. The van der Waals surface area contributed by atoms with Crippen LogP contribution in [0, 0.1) is 5.82 Å². The number of hydrogen-bond acceptors (Lipinski definition) is 1. The maximum atomic E-state index is 13.8. The highest BCUT2D eigenvalue weighted by atomic mass is 19.1. The molecule has 0 aliphatic heterocycles. The zero-order valence-electron chi connectivity index (χ0n) is 14.7. The molecule has 26 heavy (non-hydrogen) atoms. The van der Waals surface area contributed by atoms with E-state index in [9.17, 15) is 9.18 Å². The van der Waals surface area contributed by atoms with Crippen LogP contribution in [0.25, 0.3) is 0 Å². The Morgan fingerprint density at radius 3 is 2.23 bits per heavy atom. The van der Waals surface area contributed by atoms with Crippen LogP contribution in [0.1, 0.15) is 21.5 Å². The third-order valence-electron chi connectivity index (χ3n) is 4.20. The fourth-order valence-corrected chi connectivity index (χ4v) is 2.88. The minimum absolute atomic E-state index is 0.130. The molecule has 3 rings (SSSR count). The van der Waals surface area contributed by atoms with Gasteiger partial charge in [0.15, 0.2) is 0 Å². The lowest BCUT2D eigenvalue weighted by molar-refractivity contribution is -0.907. The summed E-state index contributed by atoms with van der Waals surface area (Å²) in [6.45, 7) is 1.37. The third kappa shape index (κ3) is 4.77. The number of hydrogen-bond donors (Lipinski definition) is 2. The van der Waals surface area contributed by atoms with Gasteiger partial charge in [-0.1, -0.05) is 48.5 Å². The van der Waals surface area contributed by atoms with Crippen molar-refractivity contribution in [1.29, 1.82) is 0 Å². The van der Waals surface area contributed by atoms with Gasteiger partial charge in [-0.2, -0.15) is 0 Å². The summed E-state index contributed by atoms with van der Waals surface area (Å²) in [6.07, 6.45) is 0. The van der Waals surface area contributed by atoms with Crippen LogP contribution in [0.4, 0.5) is 10.1 Å². The molecule has 132 valence electrons. The predicted molar refractivity (Wildman–Crippen MR) is 102 cm³/mol. The maximum absolute atomic E-state index is 13.8. The van der Waals surface area contributed by atoms with Crippen molar-refractivity contribution in [2.45, 2.75) is 13.1 Å². The van der Waals surface area contributed by atoms with Gasteiger partial charge in [0.2, 0.25) is 0 Å². The monoisotopic (exact) mass is 349 g/mol. The largest absolute Gasteiger partial charge is 0.330 e. The van der Waals surface area contributed by atoms with Crippen molar-refractivity contribution in [2.24, 2.45) is 0 Å². The molecule has 3 nitrogen and oxygen atoms in total. The Morgan fingerprint density at radius 1 is 0.885 bits per heavy atom. The molecule has 1 atom stereocenters. The van der Waals surface area contributed by atoms with E-state index in [4.69, 9.17) is 0 Å². The molecule has 2 N–H and O–H groups in total. The van der Waals surface area contributed by atoms with E-state index in [2.05, 4.69) is 5.32 Å². The molecular weight excluding hydrogens is 327 g/mol. The lowest BCUT2D eigenvalue weighted by Gasteiger charge is -2.15. The van der Waals surface area contributed by atoms with E-state index in [1.165, 1.54) is 11.0 Å². The molecular formula is C22H22FN2O+. The standard InChI is InChI=1S/C22H21FN2O/c1-25(16-19-7-5-6-10-21(19)23)15-17-11-13-18(14-12-17)22(26)24-20-8-3-2-4-9-20/h2-14H,15-16H2,1H3,(H,24,26)/p+1. The van der Waals surface area contributed by atoms with E-state index in [0.717, 1.165) is 17.8 Å². The molecule has 1 amide bonds. The van der Waals surface area contributed by atoms with Crippen molar-refractivity contribution in [2.75, 3.05) is 12.4 Å². The van der Waals surface area contributed by atoms with Gasteiger partial charge >= 0.3 is 0 Å². The Kier molecular flexibility index (Phi) is 5.77. The summed E-state index contributed by atoms with van der Waals surface area (Å²) in [5, 5.41) is 2.87. The molecule has 0 heterocycles. The summed E-state index contributed by atoms with van der Waals surface area (Å²) in [6, 6.07) is 23.8. The van der Waals surface area contributed by atoms with Crippen molar-refractivity contribution in [3.05, 3.63) is 101 Å². The first kappa shape index (κ1) is 17.8. The Labute approximate surface area is 153 Å². The van der Waals surface area contributed by atoms with Crippen molar-refractivity contribution in [3.63, 3.8) is 0 Å². The smallest absolute Gasteiger partial charge is 0.255 e. The number of benzene rings is 3. The minimum Gasteiger partial charge on any atom is -0.330 e. The Balaban J connectivity index is 1.59. The zero-order chi connectivity index (χ0) is 18.4. The molecule has 1 unspecified atom stereocenters. The molecule has 0 aliphatic rings. The predicted octanol–water partition coefficient (Wildman–Crippen LogP) is 3.29. The van der Waals surface area contributed by atoms with Crippen LogP contribution in [-0.4, -0.2) is 13.0 Å². The van der Waals surface area contributed by atoms with E-state index >= 15 is 0 Å².